The lowest BCUT2D eigenvalue weighted by molar-refractivity contribution is 0.0910. The van der Waals surface area contributed by atoms with Crippen LogP contribution in [0.4, 0.5) is 11.6 Å². The Balaban J connectivity index is 1.87. The number of anilines is 2. The number of benzene rings is 1. The molecule has 5 heteroatoms. The van der Waals surface area contributed by atoms with E-state index in [1.807, 2.05) is 0 Å². The van der Waals surface area contributed by atoms with E-state index in [4.69, 9.17) is 5.26 Å². The summed E-state index contributed by atoms with van der Waals surface area (Å²) < 4.78 is 0. The number of carbonyl (C=O) groups is 1. The zero-order valence-electron chi connectivity index (χ0n) is 12.6. The number of ketones is 1. The third-order valence-corrected chi connectivity index (χ3v) is 3.72. The number of carbonyl (C=O) groups excluding carboxylic acids is 1. The van der Waals surface area contributed by atoms with Gasteiger partial charge in [0.15, 0.2) is 5.78 Å². The quantitative estimate of drug-likeness (QED) is 0.919. The maximum absolute atomic E-state index is 12.1. The number of Topliss-reactive ketones (excluding diaryl/α,β-unsaturated/α-hetero) is 1. The van der Waals surface area contributed by atoms with Gasteiger partial charge in [-0.05, 0) is 36.1 Å². The van der Waals surface area contributed by atoms with Crippen molar-refractivity contribution in [1.29, 1.82) is 5.26 Å². The van der Waals surface area contributed by atoms with Crippen molar-refractivity contribution in [3.05, 3.63) is 47.3 Å². The highest BCUT2D eigenvalue weighted by atomic mass is 16.1. The molecule has 5 nitrogen and oxygen atoms in total. The second-order valence-electron chi connectivity index (χ2n) is 6.31. The average Bonchev–Trinajstić information content (AvgIpc) is 2.46. The van der Waals surface area contributed by atoms with Gasteiger partial charge in [0.2, 0.25) is 5.95 Å². The molecule has 1 aromatic carbocycles. The molecular weight excluding hydrogens is 276 g/mol. The van der Waals surface area contributed by atoms with Gasteiger partial charge >= 0.3 is 0 Å². The fourth-order valence-electron chi connectivity index (χ4n) is 2.65. The normalized spacial score (nSPS) is 15.8. The molecular formula is C17H16N4O. The third kappa shape index (κ3) is 2.82. The van der Waals surface area contributed by atoms with Gasteiger partial charge in [-0.3, -0.25) is 4.79 Å². The summed E-state index contributed by atoms with van der Waals surface area (Å²) in [6, 6.07) is 9.14. The molecule has 1 aromatic heterocycles. The fourth-order valence-corrected chi connectivity index (χ4v) is 2.65. The number of hydrogen-bond acceptors (Lipinski definition) is 5. The first-order valence-corrected chi connectivity index (χ1v) is 7.13. The molecule has 1 N–H and O–H groups in total. The van der Waals surface area contributed by atoms with E-state index in [0.29, 0.717) is 23.5 Å². The lowest BCUT2D eigenvalue weighted by Gasteiger charge is -2.29. The van der Waals surface area contributed by atoms with Crippen molar-refractivity contribution in [3.8, 4) is 6.07 Å². The van der Waals surface area contributed by atoms with Crippen LogP contribution in [0.3, 0.4) is 0 Å². The Kier molecular flexibility index (Phi) is 3.38. The first-order chi connectivity index (χ1) is 10.5. The molecule has 0 unspecified atom stereocenters. The fraction of sp³-hybridized carbons (Fsp3) is 0.294. The molecule has 0 fully saturated rings. The van der Waals surface area contributed by atoms with E-state index in [2.05, 4.69) is 35.2 Å². The van der Waals surface area contributed by atoms with Crippen LogP contribution >= 0.6 is 0 Å². The maximum atomic E-state index is 12.1. The lowest BCUT2D eigenvalue weighted by atomic mass is 9.76. The van der Waals surface area contributed by atoms with Crippen molar-refractivity contribution in [2.24, 2.45) is 5.41 Å². The van der Waals surface area contributed by atoms with Crippen molar-refractivity contribution < 1.29 is 4.79 Å². The van der Waals surface area contributed by atoms with Crippen LogP contribution in [0.2, 0.25) is 0 Å². The summed E-state index contributed by atoms with van der Waals surface area (Å²) in [6.45, 7) is 4.15. The molecule has 0 bridgehead atoms. The highest BCUT2D eigenvalue weighted by molar-refractivity contribution is 5.98. The zero-order chi connectivity index (χ0) is 15.7. The van der Waals surface area contributed by atoms with E-state index in [9.17, 15) is 4.79 Å². The van der Waals surface area contributed by atoms with Crippen LogP contribution in [0.1, 0.15) is 41.9 Å². The Bertz CT molecular complexity index is 772. The zero-order valence-corrected chi connectivity index (χ0v) is 12.6. The Morgan fingerprint density at radius 3 is 2.64 bits per heavy atom. The molecule has 3 rings (SSSR count). The Morgan fingerprint density at radius 2 is 1.95 bits per heavy atom. The van der Waals surface area contributed by atoms with E-state index in [1.165, 1.54) is 0 Å². The minimum absolute atomic E-state index is 0.0653. The Morgan fingerprint density at radius 1 is 1.23 bits per heavy atom. The molecule has 1 aliphatic rings. The lowest BCUT2D eigenvalue weighted by Crippen LogP contribution is -2.28. The van der Waals surface area contributed by atoms with Crippen molar-refractivity contribution in [2.45, 2.75) is 26.7 Å². The molecule has 0 atom stereocenters. The number of hydrogen-bond donors (Lipinski definition) is 1. The summed E-state index contributed by atoms with van der Waals surface area (Å²) in [5.74, 6) is 0.574. The van der Waals surface area contributed by atoms with Crippen LogP contribution in [0.5, 0.6) is 0 Å². The third-order valence-electron chi connectivity index (χ3n) is 3.72. The van der Waals surface area contributed by atoms with Crippen LogP contribution in [-0.4, -0.2) is 15.8 Å². The van der Waals surface area contributed by atoms with E-state index >= 15 is 0 Å². The van der Waals surface area contributed by atoms with Crippen LogP contribution in [-0.2, 0) is 6.42 Å². The van der Waals surface area contributed by atoms with Gasteiger partial charge in [-0.1, -0.05) is 13.8 Å². The van der Waals surface area contributed by atoms with E-state index < -0.39 is 0 Å². The summed E-state index contributed by atoms with van der Waals surface area (Å²) in [5, 5.41) is 11.9. The predicted molar refractivity (Wildman–Crippen MR) is 82.9 cm³/mol. The molecule has 0 amide bonds. The highest BCUT2D eigenvalue weighted by Gasteiger charge is 2.32. The smallest absolute Gasteiger partial charge is 0.227 e. The first-order valence-electron chi connectivity index (χ1n) is 7.13. The number of nitriles is 1. The van der Waals surface area contributed by atoms with Crippen molar-refractivity contribution >= 4 is 17.4 Å². The number of rotatable bonds is 2. The molecule has 0 radical (unpaired) electrons. The second kappa shape index (κ2) is 5.23. The van der Waals surface area contributed by atoms with Gasteiger partial charge in [-0.15, -0.1) is 0 Å². The number of nitrogens with zero attached hydrogens (tertiary/aromatic N) is 3. The summed E-state index contributed by atoms with van der Waals surface area (Å²) in [7, 11) is 0. The standard InChI is InChI=1S/C17H16N4O/c1-17(2)7-14-13(15(22)8-17)10-19-16(21-14)20-12-5-3-11(9-18)4-6-12/h3-6,10H,7-8H2,1-2H3,(H,19,20,21). The molecule has 1 aliphatic carbocycles. The van der Waals surface area contributed by atoms with Gasteiger partial charge in [-0.25, -0.2) is 9.97 Å². The van der Waals surface area contributed by atoms with Crippen LogP contribution in [0, 0.1) is 16.7 Å². The summed E-state index contributed by atoms with van der Waals surface area (Å²) in [6.07, 6.45) is 2.90. The summed E-state index contributed by atoms with van der Waals surface area (Å²) >= 11 is 0. The number of aromatic nitrogens is 2. The minimum Gasteiger partial charge on any atom is -0.324 e. The van der Waals surface area contributed by atoms with E-state index in [-0.39, 0.29) is 11.2 Å². The van der Waals surface area contributed by atoms with E-state index in [1.54, 1.807) is 30.5 Å². The number of fused-ring (bicyclic) bond motifs is 1. The first kappa shape index (κ1) is 14.2. The van der Waals surface area contributed by atoms with Gasteiger partial charge in [0.1, 0.15) is 0 Å². The van der Waals surface area contributed by atoms with Crippen molar-refractivity contribution in [2.75, 3.05) is 5.32 Å². The van der Waals surface area contributed by atoms with Crippen molar-refractivity contribution in [1.82, 2.24) is 9.97 Å². The summed E-state index contributed by atoms with van der Waals surface area (Å²) in [4.78, 5) is 20.8. The van der Waals surface area contributed by atoms with Gasteiger partial charge < -0.3 is 5.32 Å². The summed E-state index contributed by atoms with van der Waals surface area (Å²) in [5.41, 5.74) is 2.77. The molecule has 0 saturated carbocycles. The van der Waals surface area contributed by atoms with Gasteiger partial charge in [-0.2, -0.15) is 5.26 Å². The van der Waals surface area contributed by atoms with Gasteiger partial charge in [0.05, 0.1) is 22.9 Å². The SMILES string of the molecule is CC1(C)CC(=O)c2cnc(Nc3ccc(C#N)cc3)nc2C1. The van der Waals surface area contributed by atoms with Gasteiger partial charge in [0.25, 0.3) is 0 Å². The number of nitrogens with one attached hydrogen (secondary N) is 1. The molecule has 0 aliphatic heterocycles. The largest absolute Gasteiger partial charge is 0.324 e. The van der Waals surface area contributed by atoms with Crippen LogP contribution in [0.15, 0.2) is 30.5 Å². The molecule has 1 heterocycles. The molecule has 22 heavy (non-hydrogen) atoms. The van der Waals surface area contributed by atoms with Crippen molar-refractivity contribution in [3.63, 3.8) is 0 Å². The van der Waals surface area contributed by atoms with E-state index in [0.717, 1.165) is 17.8 Å². The molecule has 2 aromatic rings. The van der Waals surface area contributed by atoms with Gasteiger partial charge in [0, 0.05) is 18.3 Å². The van der Waals surface area contributed by atoms with Crippen LogP contribution < -0.4 is 5.32 Å². The molecule has 0 spiro atoms. The minimum atomic E-state index is -0.0653. The Labute approximate surface area is 129 Å². The Hall–Kier alpha value is -2.74. The molecule has 110 valence electrons. The maximum Gasteiger partial charge on any atom is 0.227 e. The highest BCUT2D eigenvalue weighted by Crippen LogP contribution is 2.33. The molecule has 0 saturated heterocycles. The van der Waals surface area contributed by atoms with Crippen LogP contribution in [0.25, 0.3) is 0 Å². The average molecular weight is 292 g/mol. The predicted octanol–water partition coefficient (Wildman–Crippen LogP) is 3.25. The monoisotopic (exact) mass is 292 g/mol. The second-order valence-corrected chi connectivity index (χ2v) is 6.31. The topological polar surface area (TPSA) is 78.7 Å².